The number of rotatable bonds is 5. The Balaban J connectivity index is 1.77. The lowest BCUT2D eigenvalue weighted by molar-refractivity contribution is 0.0734. The largest absolute Gasteiger partial charge is 0.337 e. The van der Waals surface area contributed by atoms with Crippen molar-refractivity contribution in [1.29, 1.82) is 0 Å². The molecule has 6 heteroatoms. The van der Waals surface area contributed by atoms with E-state index in [4.69, 9.17) is 16.1 Å². The minimum Gasteiger partial charge on any atom is -0.337 e. The molecule has 0 N–H and O–H groups in total. The van der Waals surface area contributed by atoms with Crippen LogP contribution in [0.25, 0.3) is 11.4 Å². The van der Waals surface area contributed by atoms with Crippen molar-refractivity contribution in [3.05, 3.63) is 70.6 Å². The zero-order valence-electron chi connectivity index (χ0n) is 14.1. The number of hydrogen-bond acceptors (Lipinski definition) is 4. The van der Waals surface area contributed by atoms with Gasteiger partial charge in [0.15, 0.2) is 0 Å². The average Bonchev–Trinajstić information content (AvgIpc) is 3.09. The lowest BCUT2D eigenvalue weighted by atomic mass is 10.1. The molecular formula is C19H18ClN3O2. The molecule has 3 aromatic rings. The Morgan fingerprint density at radius 3 is 2.56 bits per heavy atom. The fourth-order valence-corrected chi connectivity index (χ4v) is 2.65. The highest BCUT2D eigenvalue weighted by Crippen LogP contribution is 2.20. The van der Waals surface area contributed by atoms with E-state index in [1.807, 2.05) is 38.1 Å². The monoisotopic (exact) mass is 355 g/mol. The van der Waals surface area contributed by atoms with Crippen LogP contribution < -0.4 is 0 Å². The molecule has 1 aromatic heterocycles. The van der Waals surface area contributed by atoms with E-state index in [-0.39, 0.29) is 12.5 Å². The number of carbonyl (C=O) groups excluding carboxylic acids is 1. The van der Waals surface area contributed by atoms with Gasteiger partial charge in [0.25, 0.3) is 5.91 Å². The van der Waals surface area contributed by atoms with Crippen LogP contribution in [0, 0.1) is 6.92 Å². The molecule has 0 aliphatic carbocycles. The Bertz CT molecular complexity index is 874. The molecule has 128 valence electrons. The van der Waals surface area contributed by atoms with Gasteiger partial charge in [0, 0.05) is 12.1 Å². The van der Waals surface area contributed by atoms with E-state index < -0.39 is 0 Å². The van der Waals surface area contributed by atoms with Crippen molar-refractivity contribution in [3.63, 3.8) is 0 Å². The van der Waals surface area contributed by atoms with Gasteiger partial charge in [0.1, 0.15) is 6.54 Å². The molecule has 0 saturated heterocycles. The van der Waals surface area contributed by atoms with Gasteiger partial charge in [-0.15, -0.1) is 0 Å². The van der Waals surface area contributed by atoms with Gasteiger partial charge in [-0.05, 0) is 26.0 Å². The van der Waals surface area contributed by atoms with E-state index in [2.05, 4.69) is 10.1 Å². The van der Waals surface area contributed by atoms with Crippen molar-refractivity contribution < 1.29 is 9.32 Å². The molecule has 0 aliphatic rings. The highest BCUT2D eigenvalue weighted by Gasteiger charge is 2.20. The van der Waals surface area contributed by atoms with Crippen molar-refractivity contribution in [3.8, 4) is 11.4 Å². The summed E-state index contributed by atoms with van der Waals surface area (Å²) in [5.74, 6) is 0.734. The standard InChI is InChI=1S/C19H18ClN3O2/c1-3-23(19(24)15-6-4-5-7-16(15)20)12-17-21-18(22-25-17)14-10-8-13(2)9-11-14/h4-11H,3,12H2,1-2H3. The third-order valence-corrected chi connectivity index (χ3v) is 4.21. The molecule has 0 atom stereocenters. The van der Waals surface area contributed by atoms with Crippen LogP contribution in [0.3, 0.4) is 0 Å². The summed E-state index contributed by atoms with van der Waals surface area (Å²) < 4.78 is 5.31. The molecule has 0 radical (unpaired) electrons. The third kappa shape index (κ3) is 3.88. The maximum atomic E-state index is 12.7. The molecule has 0 bridgehead atoms. The summed E-state index contributed by atoms with van der Waals surface area (Å²) in [5.41, 5.74) is 2.50. The maximum Gasteiger partial charge on any atom is 0.255 e. The zero-order chi connectivity index (χ0) is 17.8. The van der Waals surface area contributed by atoms with Gasteiger partial charge in [-0.2, -0.15) is 4.98 Å². The van der Waals surface area contributed by atoms with Crippen molar-refractivity contribution >= 4 is 17.5 Å². The Kier molecular flexibility index (Phi) is 5.14. The van der Waals surface area contributed by atoms with Crippen LogP contribution in [0.5, 0.6) is 0 Å². The number of aryl methyl sites for hydroxylation is 1. The second kappa shape index (κ2) is 7.49. The topological polar surface area (TPSA) is 59.2 Å². The van der Waals surface area contributed by atoms with Crippen molar-refractivity contribution in [2.45, 2.75) is 20.4 Å². The van der Waals surface area contributed by atoms with Gasteiger partial charge in [0.2, 0.25) is 11.7 Å². The summed E-state index contributed by atoms with van der Waals surface area (Å²) in [6.45, 7) is 4.66. The van der Waals surface area contributed by atoms with Crippen molar-refractivity contribution in [2.24, 2.45) is 0 Å². The summed E-state index contributed by atoms with van der Waals surface area (Å²) in [5, 5.41) is 4.43. The Hall–Kier alpha value is -2.66. The lowest BCUT2D eigenvalue weighted by Crippen LogP contribution is -2.30. The van der Waals surface area contributed by atoms with Crippen molar-refractivity contribution in [1.82, 2.24) is 15.0 Å². The maximum absolute atomic E-state index is 12.7. The second-order valence-electron chi connectivity index (χ2n) is 5.68. The van der Waals surface area contributed by atoms with E-state index in [0.29, 0.717) is 28.8 Å². The highest BCUT2D eigenvalue weighted by molar-refractivity contribution is 6.33. The van der Waals surface area contributed by atoms with Gasteiger partial charge in [-0.25, -0.2) is 0 Å². The summed E-state index contributed by atoms with van der Waals surface area (Å²) in [7, 11) is 0. The van der Waals surface area contributed by atoms with Gasteiger partial charge < -0.3 is 9.42 Å². The molecule has 0 unspecified atom stereocenters. The van der Waals surface area contributed by atoms with E-state index in [1.165, 1.54) is 0 Å². The predicted octanol–water partition coefficient (Wildman–Crippen LogP) is 4.36. The normalized spacial score (nSPS) is 10.7. The molecule has 0 fully saturated rings. The van der Waals surface area contributed by atoms with Crippen LogP contribution in [-0.4, -0.2) is 27.5 Å². The summed E-state index contributed by atoms with van der Waals surface area (Å²) in [4.78, 5) is 18.7. The van der Waals surface area contributed by atoms with Crippen LogP contribution in [0.15, 0.2) is 53.1 Å². The van der Waals surface area contributed by atoms with Crippen LogP contribution in [0.4, 0.5) is 0 Å². The molecule has 5 nitrogen and oxygen atoms in total. The van der Waals surface area contributed by atoms with E-state index in [9.17, 15) is 4.79 Å². The molecule has 0 saturated carbocycles. The molecule has 25 heavy (non-hydrogen) atoms. The Labute approximate surface area is 151 Å². The number of carbonyl (C=O) groups is 1. The van der Waals surface area contributed by atoms with E-state index in [0.717, 1.165) is 11.1 Å². The highest BCUT2D eigenvalue weighted by atomic mass is 35.5. The summed E-state index contributed by atoms with van der Waals surface area (Å²) in [6, 6.07) is 14.8. The molecule has 1 amide bonds. The Morgan fingerprint density at radius 1 is 1.16 bits per heavy atom. The van der Waals surface area contributed by atoms with Crippen LogP contribution in [0.2, 0.25) is 5.02 Å². The van der Waals surface area contributed by atoms with Gasteiger partial charge in [-0.1, -0.05) is 58.7 Å². The molecule has 0 spiro atoms. The van der Waals surface area contributed by atoms with Gasteiger partial charge >= 0.3 is 0 Å². The van der Waals surface area contributed by atoms with Crippen LogP contribution >= 0.6 is 11.6 Å². The fourth-order valence-electron chi connectivity index (χ4n) is 2.43. The first-order chi connectivity index (χ1) is 12.1. The van der Waals surface area contributed by atoms with Gasteiger partial charge in [-0.3, -0.25) is 4.79 Å². The second-order valence-corrected chi connectivity index (χ2v) is 6.08. The molecule has 1 heterocycles. The van der Waals surface area contributed by atoms with E-state index in [1.54, 1.807) is 29.2 Å². The number of benzene rings is 2. The minimum atomic E-state index is -0.164. The predicted molar refractivity (Wildman–Crippen MR) is 96.3 cm³/mol. The molecule has 2 aromatic carbocycles. The number of aromatic nitrogens is 2. The number of amides is 1. The first-order valence-electron chi connectivity index (χ1n) is 8.02. The SMILES string of the molecule is CCN(Cc1nc(-c2ccc(C)cc2)no1)C(=O)c1ccccc1Cl. The smallest absolute Gasteiger partial charge is 0.255 e. The van der Waals surface area contributed by atoms with Gasteiger partial charge in [0.05, 0.1) is 10.6 Å². The zero-order valence-corrected chi connectivity index (χ0v) is 14.8. The number of nitrogens with zero attached hydrogens (tertiary/aromatic N) is 3. The number of hydrogen-bond donors (Lipinski definition) is 0. The first kappa shape index (κ1) is 17.2. The summed E-state index contributed by atoms with van der Waals surface area (Å²) in [6.07, 6.45) is 0. The van der Waals surface area contributed by atoms with Crippen LogP contribution in [-0.2, 0) is 6.54 Å². The van der Waals surface area contributed by atoms with Crippen LogP contribution in [0.1, 0.15) is 28.7 Å². The van der Waals surface area contributed by atoms with E-state index >= 15 is 0 Å². The quantitative estimate of drug-likeness (QED) is 0.682. The lowest BCUT2D eigenvalue weighted by Gasteiger charge is -2.19. The molecule has 0 aliphatic heterocycles. The third-order valence-electron chi connectivity index (χ3n) is 3.88. The Morgan fingerprint density at radius 2 is 1.88 bits per heavy atom. The first-order valence-corrected chi connectivity index (χ1v) is 8.39. The summed E-state index contributed by atoms with van der Waals surface area (Å²) >= 11 is 6.12. The fraction of sp³-hybridized carbons (Fsp3) is 0.211. The van der Waals surface area contributed by atoms with Crippen molar-refractivity contribution in [2.75, 3.05) is 6.54 Å². The molecular weight excluding hydrogens is 338 g/mol. The average molecular weight is 356 g/mol. The minimum absolute atomic E-state index is 0.164. The number of halogens is 1. The molecule has 3 rings (SSSR count).